The SMILES string of the molecule is Cc1cc(Br)ccc1C(=O)N(CCBr)Cc1ccccc1. The van der Waals surface area contributed by atoms with Gasteiger partial charge in [-0.05, 0) is 36.2 Å². The van der Waals surface area contributed by atoms with Crippen LogP contribution in [-0.2, 0) is 6.54 Å². The Morgan fingerprint density at radius 1 is 1.14 bits per heavy atom. The van der Waals surface area contributed by atoms with Gasteiger partial charge in [0.25, 0.3) is 5.91 Å². The molecule has 0 aliphatic rings. The first-order valence-corrected chi connectivity index (χ1v) is 8.68. The number of aryl methyl sites for hydroxylation is 1. The molecule has 0 aliphatic heterocycles. The number of halogens is 2. The molecule has 2 rings (SSSR count). The van der Waals surface area contributed by atoms with Crippen LogP contribution < -0.4 is 0 Å². The van der Waals surface area contributed by atoms with Gasteiger partial charge in [0.1, 0.15) is 0 Å². The summed E-state index contributed by atoms with van der Waals surface area (Å²) in [5.41, 5.74) is 2.89. The number of carbonyl (C=O) groups excluding carboxylic acids is 1. The van der Waals surface area contributed by atoms with Crippen molar-refractivity contribution in [2.75, 3.05) is 11.9 Å². The van der Waals surface area contributed by atoms with Crippen LogP contribution in [0.25, 0.3) is 0 Å². The molecule has 0 saturated carbocycles. The van der Waals surface area contributed by atoms with E-state index in [9.17, 15) is 4.79 Å². The van der Waals surface area contributed by atoms with Gasteiger partial charge < -0.3 is 4.90 Å². The number of benzene rings is 2. The van der Waals surface area contributed by atoms with Crippen molar-refractivity contribution < 1.29 is 4.79 Å². The van der Waals surface area contributed by atoms with Crippen molar-refractivity contribution in [1.29, 1.82) is 0 Å². The topological polar surface area (TPSA) is 20.3 Å². The Balaban J connectivity index is 2.23. The van der Waals surface area contributed by atoms with E-state index in [1.165, 1.54) is 0 Å². The van der Waals surface area contributed by atoms with Crippen molar-refractivity contribution >= 4 is 37.8 Å². The second kappa shape index (κ2) is 7.76. The minimum atomic E-state index is 0.0725. The first-order chi connectivity index (χ1) is 10.1. The highest BCUT2D eigenvalue weighted by Gasteiger charge is 2.17. The van der Waals surface area contributed by atoms with Crippen LogP contribution in [0.2, 0.25) is 0 Å². The Labute approximate surface area is 142 Å². The Hall–Kier alpha value is -1.13. The standard InChI is InChI=1S/C17H17Br2NO/c1-13-11-15(19)7-8-16(13)17(21)20(10-9-18)12-14-5-3-2-4-6-14/h2-8,11H,9-10,12H2,1H3. The Bertz CT molecular complexity index is 613. The molecule has 0 fully saturated rings. The van der Waals surface area contributed by atoms with E-state index in [1.807, 2.05) is 60.4 Å². The molecule has 0 unspecified atom stereocenters. The maximum Gasteiger partial charge on any atom is 0.254 e. The molecule has 0 N–H and O–H groups in total. The van der Waals surface area contributed by atoms with Gasteiger partial charge in [-0.3, -0.25) is 4.79 Å². The maximum atomic E-state index is 12.8. The lowest BCUT2D eigenvalue weighted by molar-refractivity contribution is 0.0754. The number of alkyl halides is 1. The van der Waals surface area contributed by atoms with Gasteiger partial charge in [0.2, 0.25) is 0 Å². The zero-order chi connectivity index (χ0) is 15.2. The summed E-state index contributed by atoms with van der Waals surface area (Å²) >= 11 is 6.87. The van der Waals surface area contributed by atoms with Crippen molar-refractivity contribution in [3.63, 3.8) is 0 Å². The average Bonchev–Trinajstić information content (AvgIpc) is 2.47. The second-order valence-corrected chi connectivity index (χ2v) is 6.57. The fourth-order valence-corrected chi connectivity index (χ4v) is 3.10. The summed E-state index contributed by atoms with van der Waals surface area (Å²) in [6.07, 6.45) is 0. The lowest BCUT2D eigenvalue weighted by Crippen LogP contribution is -2.32. The summed E-state index contributed by atoms with van der Waals surface area (Å²) in [7, 11) is 0. The summed E-state index contributed by atoms with van der Waals surface area (Å²) in [6.45, 7) is 3.27. The molecule has 0 atom stereocenters. The quantitative estimate of drug-likeness (QED) is 0.648. The molecule has 0 radical (unpaired) electrons. The normalized spacial score (nSPS) is 10.4. The smallest absolute Gasteiger partial charge is 0.254 e. The summed E-state index contributed by atoms with van der Waals surface area (Å²) in [4.78, 5) is 14.6. The molecule has 0 heterocycles. The highest BCUT2D eigenvalue weighted by Crippen LogP contribution is 2.18. The van der Waals surface area contributed by atoms with Crippen LogP contribution in [0.3, 0.4) is 0 Å². The lowest BCUT2D eigenvalue weighted by atomic mass is 10.1. The molecule has 0 saturated heterocycles. The van der Waals surface area contributed by atoms with Crippen LogP contribution in [0.5, 0.6) is 0 Å². The van der Waals surface area contributed by atoms with E-state index in [2.05, 4.69) is 31.9 Å². The highest BCUT2D eigenvalue weighted by atomic mass is 79.9. The molecule has 2 nitrogen and oxygen atoms in total. The van der Waals surface area contributed by atoms with Crippen molar-refractivity contribution in [3.8, 4) is 0 Å². The van der Waals surface area contributed by atoms with E-state index < -0.39 is 0 Å². The zero-order valence-corrected chi connectivity index (χ0v) is 15.0. The predicted octanol–water partition coefficient (Wildman–Crippen LogP) is 4.79. The maximum absolute atomic E-state index is 12.8. The number of hydrogen-bond donors (Lipinski definition) is 0. The molecule has 0 bridgehead atoms. The van der Waals surface area contributed by atoms with Gasteiger partial charge in [-0.2, -0.15) is 0 Å². The van der Waals surface area contributed by atoms with Crippen LogP contribution in [0.1, 0.15) is 21.5 Å². The summed E-state index contributed by atoms with van der Waals surface area (Å²) in [6, 6.07) is 15.8. The molecule has 0 spiro atoms. The van der Waals surface area contributed by atoms with Gasteiger partial charge in [0.15, 0.2) is 0 Å². The predicted molar refractivity (Wildman–Crippen MR) is 93.9 cm³/mol. The van der Waals surface area contributed by atoms with Crippen LogP contribution in [0, 0.1) is 6.92 Å². The number of nitrogens with zero attached hydrogens (tertiary/aromatic N) is 1. The lowest BCUT2D eigenvalue weighted by Gasteiger charge is -2.23. The molecule has 110 valence electrons. The van der Waals surface area contributed by atoms with Crippen molar-refractivity contribution in [1.82, 2.24) is 4.90 Å². The Morgan fingerprint density at radius 2 is 1.86 bits per heavy atom. The molecule has 2 aromatic rings. The van der Waals surface area contributed by atoms with Gasteiger partial charge in [-0.1, -0.05) is 62.2 Å². The number of hydrogen-bond acceptors (Lipinski definition) is 1. The van der Waals surface area contributed by atoms with E-state index in [-0.39, 0.29) is 5.91 Å². The van der Waals surface area contributed by atoms with E-state index >= 15 is 0 Å². The third kappa shape index (κ3) is 4.42. The van der Waals surface area contributed by atoms with Crippen molar-refractivity contribution in [3.05, 3.63) is 69.7 Å². The van der Waals surface area contributed by atoms with Crippen molar-refractivity contribution in [2.24, 2.45) is 0 Å². The zero-order valence-electron chi connectivity index (χ0n) is 11.9. The van der Waals surface area contributed by atoms with E-state index in [1.54, 1.807) is 0 Å². The third-order valence-electron chi connectivity index (χ3n) is 3.28. The van der Waals surface area contributed by atoms with Crippen LogP contribution >= 0.6 is 31.9 Å². The Kier molecular flexibility index (Phi) is 6.00. The molecule has 0 aromatic heterocycles. The minimum absolute atomic E-state index is 0.0725. The van der Waals surface area contributed by atoms with E-state index in [0.717, 1.165) is 26.5 Å². The highest BCUT2D eigenvalue weighted by molar-refractivity contribution is 9.10. The Morgan fingerprint density at radius 3 is 2.48 bits per heavy atom. The monoisotopic (exact) mass is 409 g/mol. The van der Waals surface area contributed by atoms with Gasteiger partial charge >= 0.3 is 0 Å². The molecule has 4 heteroatoms. The molecule has 0 aliphatic carbocycles. The number of amides is 1. The van der Waals surface area contributed by atoms with Gasteiger partial charge in [-0.25, -0.2) is 0 Å². The molecular formula is C17H17Br2NO. The second-order valence-electron chi connectivity index (χ2n) is 4.86. The number of rotatable bonds is 5. The minimum Gasteiger partial charge on any atom is -0.333 e. The fraction of sp³-hybridized carbons (Fsp3) is 0.235. The summed E-state index contributed by atoms with van der Waals surface area (Å²) in [5, 5.41) is 0.765. The first kappa shape index (κ1) is 16.2. The third-order valence-corrected chi connectivity index (χ3v) is 4.12. The van der Waals surface area contributed by atoms with Crippen LogP contribution in [-0.4, -0.2) is 22.7 Å². The van der Waals surface area contributed by atoms with Crippen molar-refractivity contribution in [2.45, 2.75) is 13.5 Å². The fourth-order valence-electron chi connectivity index (χ4n) is 2.20. The molecular weight excluding hydrogens is 394 g/mol. The van der Waals surface area contributed by atoms with E-state index in [4.69, 9.17) is 0 Å². The van der Waals surface area contributed by atoms with Crippen LogP contribution in [0.15, 0.2) is 53.0 Å². The summed E-state index contributed by atoms with van der Waals surface area (Å²) < 4.78 is 0.992. The van der Waals surface area contributed by atoms with E-state index in [0.29, 0.717) is 13.1 Å². The average molecular weight is 411 g/mol. The van der Waals surface area contributed by atoms with Gasteiger partial charge in [-0.15, -0.1) is 0 Å². The first-order valence-electron chi connectivity index (χ1n) is 6.77. The summed E-state index contributed by atoms with van der Waals surface area (Å²) in [5.74, 6) is 0.0725. The molecule has 1 amide bonds. The number of carbonyl (C=O) groups is 1. The molecule has 21 heavy (non-hydrogen) atoms. The van der Waals surface area contributed by atoms with Gasteiger partial charge in [0.05, 0.1) is 0 Å². The molecule has 2 aromatic carbocycles. The van der Waals surface area contributed by atoms with Crippen LogP contribution in [0.4, 0.5) is 0 Å². The van der Waals surface area contributed by atoms with Gasteiger partial charge in [0, 0.05) is 28.5 Å². The largest absolute Gasteiger partial charge is 0.333 e.